The Labute approximate surface area is 204 Å². The number of aromatic nitrogens is 5. The summed E-state index contributed by atoms with van der Waals surface area (Å²) >= 11 is 0. The van der Waals surface area contributed by atoms with E-state index in [1.165, 1.54) is 5.56 Å². The number of nitrogens with one attached hydrogen (secondary N) is 2. The Balaban J connectivity index is 1.51. The first-order valence-electron chi connectivity index (χ1n) is 11.8. The fourth-order valence-corrected chi connectivity index (χ4v) is 4.01. The van der Waals surface area contributed by atoms with E-state index in [0.29, 0.717) is 18.5 Å². The van der Waals surface area contributed by atoms with Crippen LogP contribution in [0.15, 0.2) is 24.5 Å². The van der Waals surface area contributed by atoms with Crippen LogP contribution in [0.2, 0.25) is 0 Å². The Morgan fingerprint density at radius 1 is 1.29 bits per heavy atom. The highest BCUT2D eigenvalue weighted by atomic mass is 16.5. The number of carbonyl (C=O) groups excluding carboxylic acids is 1. The van der Waals surface area contributed by atoms with Crippen LogP contribution in [0.4, 0.5) is 5.95 Å². The van der Waals surface area contributed by atoms with Gasteiger partial charge in [-0.05, 0) is 57.2 Å². The van der Waals surface area contributed by atoms with Crippen LogP contribution >= 0.6 is 0 Å². The van der Waals surface area contributed by atoms with Crippen molar-refractivity contribution < 1.29 is 19.4 Å². The van der Waals surface area contributed by atoms with Gasteiger partial charge in [-0.25, -0.2) is 4.98 Å². The third-order valence-electron chi connectivity index (χ3n) is 6.43. The average molecular weight is 484 g/mol. The van der Waals surface area contributed by atoms with Gasteiger partial charge in [0.25, 0.3) is 5.91 Å². The number of H-pyrrole nitrogens is 1. The van der Waals surface area contributed by atoms with Gasteiger partial charge in [0.1, 0.15) is 12.3 Å². The standard InChI is InChI=1S/C24H33N7O4/c1-15(24(2,3)33)27-21(32)20-28-22(30-23(29-20)35-13-12-34-4)31-10-7-16(8-11-31)18-14-26-19-17(18)6-5-9-25-19/h5-6,9,14-16,33H,7-8,10-13H2,1-4H3,(H,25,26)(H,27,32). The fraction of sp³-hybridized carbons (Fsp3) is 0.542. The summed E-state index contributed by atoms with van der Waals surface area (Å²) in [4.78, 5) is 35.7. The molecule has 0 aliphatic carbocycles. The molecule has 1 aliphatic heterocycles. The molecule has 1 atom stereocenters. The number of piperidine rings is 1. The van der Waals surface area contributed by atoms with Crippen LogP contribution in [0.5, 0.6) is 6.01 Å². The van der Waals surface area contributed by atoms with E-state index >= 15 is 0 Å². The van der Waals surface area contributed by atoms with Crippen LogP contribution in [0, 0.1) is 0 Å². The van der Waals surface area contributed by atoms with E-state index in [9.17, 15) is 9.90 Å². The maximum atomic E-state index is 12.9. The van der Waals surface area contributed by atoms with Crippen LogP contribution in [0.3, 0.4) is 0 Å². The molecular weight excluding hydrogens is 450 g/mol. The lowest BCUT2D eigenvalue weighted by Crippen LogP contribution is -2.47. The van der Waals surface area contributed by atoms with Gasteiger partial charge in [-0.3, -0.25) is 4.79 Å². The maximum absolute atomic E-state index is 12.9. The van der Waals surface area contributed by atoms with Gasteiger partial charge in [-0.15, -0.1) is 0 Å². The summed E-state index contributed by atoms with van der Waals surface area (Å²) in [6.45, 7) is 7.04. The van der Waals surface area contributed by atoms with E-state index in [4.69, 9.17) is 9.47 Å². The van der Waals surface area contributed by atoms with Crippen molar-refractivity contribution in [1.29, 1.82) is 0 Å². The molecule has 1 fully saturated rings. The lowest BCUT2D eigenvalue weighted by molar-refractivity contribution is 0.0405. The molecule has 3 N–H and O–H groups in total. The van der Waals surface area contributed by atoms with Crippen molar-refractivity contribution in [3.05, 3.63) is 35.9 Å². The topological polar surface area (TPSA) is 138 Å². The molecular formula is C24H33N7O4. The molecule has 0 saturated carbocycles. The molecule has 35 heavy (non-hydrogen) atoms. The van der Waals surface area contributed by atoms with Crippen molar-refractivity contribution in [3.8, 4) is 6.01 Å². The lowest BCUT2D eigenvalue weighted by Gasteiger charge is -2.32. The number of fused-ring (bicyclic) bond motifs is 1. The molecule has 188 valence electrons. The second-order valence-corrected chi connectivity index (χ2v) is 9.34. The van der Waals surface area contributed by atoms with Gasteiger partial charge in [-0.1, -0.05) is 0 Å². The maximum Gasteiger partial charge on any atom is 0.322 e. The Kier molecular flexibility index (Phi) is 7.46. The summed E-state index contributed by atoms with van der Waals surface area (Å²) in [6, 6.07) is 3.61. The molecule has 1 amide bonds. The summed E-state index contributed by atoms with van der Waals surface area (Å²) in [7, 11) is 1.58. The number of carbonyl (C=O) groups is 1. The zero-order chi connectivity index (χ0) is 25.0. The number of hydrogen-bond donors (Lipinski definition) is 3. The molecule has 1 saturated heterocycles. The molecule has 1 aliphatic rings. The van der Waals surface area contributed by atoms with Crippen LogP contribution < -0.4 is 15.0 Å². The Hall–Kier alpha value is -3.31. The second kappa shape index (κ2) is 10.5. The van der Waals surface area contributed by atoms with Crippen LogP contribution in [-0.4, -0.2) is 81.0 Å². The Morgan fingerprint density at radius 3 is 2.77 bits per heavy atom. The summed E-state index contributed by atoms with van der Waals surface area (Å²) in [5, 5.41) is 14.1. The Morgan fingerprint density at radius 2 is 2.06 bits per heavy atom. The predicted octanol–water partition coefficient (Wildman–Crippen LogP) is 2.05. The molecule has 0 aromatic carbocycles. The SMILES string of the molecule is COCCOc1nc(C(=O)NC(C)C(C)(C)O)nc(N2CCC(c3c[nH]c4ncccc34)CC2)n1. The largest absolute Gasteiger partial charge is 0.461 e. The van der Waals surface area contributed by atoms with Gasteiger partial charge in [0, 0.05) is 38.0 Å². The highest BCUT2D eigenvalue weighted by Crippen LogP contribution is 2.33. The van der Waals surface area contributed by atoms with Gasteiger partial charge < -0.3 is 29.8 Å². The molecule has 0 spiro atoms. The zero-order valence-electron chi connectivity index (χ0n) is 20.6. The number of rotatable bonds is 9. The molecule has 4 rings (SSSR count). The first kappa shape index (κ1) is 24.8. The quantitative estimate of drug-likeness (QED) is 0.390. The first-order valence-corrected chi connectivity index (χ1v) is 11.8. The summed E-state index contributed by atoms with van der Waals surface area (Å²) < 4.78 is 10.6. The molecule has 11 heteroatoms. The van der Waals surface area contributed by atoms with Gasteiger partial charge in [-0.2, -0.15) is 15.0 Å². The number of amides is 1. The fourth-order valence-electron chi connectivity index (χ4n) is 4.01. The van der Waals surface area contributed by atoms with E-state index in [-0.39, 0.29) is 18.4 Å². The zero-order valence-corrected chi connectivity index (χ0v) is 20.6. The van der Waals surface area contributed by atoms with Gasteiger partial charge in [0.2, 0.25) is 11.8 Å². The molecule has 3 aromatic heterocycles. The average Bonchev–Trinajstić information content (AvgIpc) is 3.28. The number of ether oxygens (including phenoxy) is 2. The van der Waals surface area contributed by atoms with Crippen molar-refractivity contribution in [1.82, 2.24) is 30.2 Å². The molecule has 0 radical (unpaired) electrons. The van der Waals surface area contributed by atoms with Crippen molar-refractivity contribution in [2.24, 2.45) is 0 Å². The normalized spacial score (nSPS) is 15.9. The van der Waals surface area contributed by atoms with E-state index in [1.54, 1.807) is 34.1 Å². The lowest BCUT2D eigenvalue weighted by atomic mass is 9.89. The first-order chi connectivity index (χ1) is 16.8. The number of pyridine rings is 1. The third-order valence-corrected chi connectivity index (χ3v) is 6.43. The van der Waals surface area contributed by atoms with Crippen molar-refractivity contribution in [2.45, 2.75) is 51.2 Å². The number of aromatic amines is 1. The van der Waals surface area contributed by atoms with Crippen molar-refractivity contribution in [2.75, 3.05) is 38.3 Å². The summed E-state index contributed by atoms with van der Waals surface area (Å²) in [5.74, 6) is 0.232. The molecule has 1 unspecified atom stereocenters. The molecule has 11 nitrogen and oxygen atoms in total. The van der Waals surface area contributed by atoms with E-state index in [0.717, 1.165) is 37.0 Å². The number of hydrogen-bond acceptors (Lipinski definition) is 9. The minimum absolute atomic E-state index is 0.0525. The van der Waals surface area contributed by atoms with E-state index in [1.807, 2.05) is 11.0 Å². The minimum atomic E-state index is -1.09. The smallest absolute Gasteiger partial charge is 0.322 e. The Bertz CT molecular complexity index is 1150. The van der Waals surface area contributed by atoms with Crippen LogP contribution in [0.1, 0.15) is 55.7 Å². The van der Waals surface area contributed by atoms with Crippen LogP contribution in [-0.2, 0) is 4.74 Å². The van der Waals surface area contributed by atoms with E-state index in [2.05, 4.69) is 42.5 Å². The number of methoxy groups -OCH3 is 1. The molecule has 0 bridgehead atoms. The molecule has 4 heterocycles. The highest BCUT2D eigenvalue weighted by molar-refractivity contribution is 5.91. The van der Waals surface area contributed by atoms with E-state index < -0.39 is 17.6 Å². The highest BCUT2D eigenvalue weighted by Gasteiger charge is 2.28. The monoisotopic (exact) mass is 483 g/mol. The number of anilines is 1. The number of nitrogens with zero attached hydrogens (tertiary/aromatic N) is 5. The van der Waals surface area contributed by atoms with Crippen molar-refractivity contribution in [3.63, 3.8) is 0 Å². The molecule has 3 aromatic rings. The second-order valence-electron chi connectivity index (χ2n) is 9.34. The predicted molar refractivity (Wildman–Crippen MR) is 131 cm³/mol. The van der Waals surface area contributed by atoms with Gasteiger partial charge in [0.15, 0.2) is 0 Å². The van der Waals surface area contributed by atoms with Gasteiger partial charge >= 0.3 is 6.01 Å². The van der Waals surface area contributed by atoms with Crippen molar-refractivity contribution >= 4 is 22.9 Å². The third kappa shape index (κ3) is 5.85. The summed E-state index contributed by atoms with van der Waals surface area (Å²) in [5.41, 5.74) is 1.08. The minimum Gasteiger partial charge on any atom is -0.461 e. The van der Waals surface area contributed by atoms with Gasteiger partial charge in [0.05, 0.1) is 18.2 Å². The van der Waals surface area contributed by atoms with Crippen LogP contribution in [0.25, 0.3) is 11.0 Å². The number of aliphatic hydroxyl groups is 1. The summed E-state index contributed by atoms with van der Waals surface area (Å²) in [6.07, 6.45) is 5.65.